The molecule has 4 heteroatoms. The summed E-state index contributed by atoms with van der Waals surface area (Å²) in [5, 5.41) is 0. The summed E-state index contributed by atoms with van der Waals surface area (Å²) in [6.07, 6.45) is 1.64. The number of hydrogen-bond donors (Lipinski definition) is 0. The van der Waals surface area contributed by atoms with Gasteiger partial charge in [0.15, 0.2) is 0 Å². The number of rotatable bonds is 4. The summed E-state index contributed by atoms with van der Waals surface area (Å²) < 4.78 is 22.8. The molecule has 0 spiro atoms. The molecule has 0 aliphatic carbocycles. The zero-order valence-corrected chi connectivity index (χ0v) is 17.2. The smallest absolute Gasteiger partial charge is 0.280 e. The highest BCUT2D eigenvalue weighted by Gasteiger charge is 2.49. The summed E-state index contributed by atoms with van der Waals surface area (Å²) in [6, 6.07) is 20.5. The maximum Gasteiger partial charge on any atom is 0.280 e. The molecule has 26 heavy (non-hydrogen) atoms. The molecule has 2 aromatic rings. The summed E-state index contributed by atoms with van der Waals surface area (Å²) >= 11 is 0. The van der Waals surface area contributed by atoms with Crippen LogP contribution >= 0.6 is 7.52 Å². The van der Waals surface area contributed by atoms with E-state index in [0.29, 0.717) is 6.42 Å². The van der Waals surface area contributed by atoms with Gasteiger partial charge in [0.05, 0.1) is 11.8 Å². The molecule has 1 aliphatic heterocycles. The van der Waals surface area contributed by atoms with Crippen molar-refractivity contribution in [1.29, 1.82) is 0 Å². The normalized spacial score (nSPS) is 25.8. The molecule has 3 nitrogen and oxygen atoms in total. The minimum absolute atomic E-state index is 0.0152. The van der Waals surface area contributed by atoms with Crippen molar-refractivity contribution in [1.82, 2.24) is 4.67 Å². The topological polar surface area (TPSA) is 29.5 Å². The van der Waals surface area contributed by atoms with Crippen LogP contribution in [0.4, 0.5) is 0 Å². The highest BCUT2D eigenvalue weighted by Crippen LogP contribution is 2.68. The van der Waals surface area contributed by atoms with Gasteiger partial charge in [0.1, 0.15) is 0 Å². The molecule has 3 rings (SSSR count). The molecule has 0 aromatic heterocycles. The summed E-state index contributed by atoms with van der Waals surface area (Å²) in [5.41, 5.74) is 1.89. The predicted molar refractivity (Wildman–Crippen MR) is 109 cm³/mol. The third kappa shape index (κ3) is 4.11. The second kappa shape index (κ2) is 7.68. The first-order valence-electron chi connectivity index (χ1n) is 9.46. The van der Waals surface area contributed by atoms with Gasteiger partial charge < -0.3 is 4.52 Å². The molecular formula is C22H30NO2P. The Morgan fingerprint density at radius 2 is 1.65 bits per heavy atom. The third-order valence-electron chi connectivity index (χ3n) is 5.04. The van der Waals surface area contributed by atoms with Crippen LogP contribution in [0, 0.1) is 0 Å². The van der Waals surface area contributed by atoms with Gasteiger partial charge in [-0.25, -0.2) is 4.67 Å². The van der Waals surface area contributed by atoms with Crippen LogP contribution in [0.2, 0.25) is 0 Å². The SMILES string of the molecule is C[C@H]1CCN(C(C)(C)C)P(=O)([C@H](Cc2ccccc2)c2ccccc2)O1. The fraction of sp³-hybridized carbons (Fsp3) is 0.455. The molecule has 1 saturated heterocycles. The van der Waals surface area contributed by atoms with Gasteiger partial charge >= 0.3 is 0 Å². The van der Waals surface area contributed by atoms with E-state index >= 15 is 0 Å². The Morgan fingerprint density at radius 3 is 2.23 bits per heavy atom. The van der Waals surface area contributed by atoms with Crippen LogP contribution in [0.1, 0.15) is 50.9 Å². The summed E-state index contributed by atoms with van der Waals surface area (Å²) in [4.78, 5) is 0. The molecule has 0 amide bonds. The van der Waals surface area contributed by atoms with Crippen LogP contribution in [0.3, 0.4) is 0 Å². The molecule has 0 radical (unpaired) electrons. The second-order valence-corrected chi connectivity index (χ2v) is 10.6. The van der Waals surface area contributed by atoms with Gasteiger partial charge in [-0.2, -0.15) is 0 Å². The van der Waals surface area contributed by atoms with Crippen molar-refractivity contribution in [2.45, 2.75) is 57.8 Å². The van der Waals surface area contributed by atoms with Crippen LogP contribution in [-0.4, -0.2) is 22.9 Å². The van der Waals surface area contributed by atoms with E-state index in [1.165, 1.54) is 5.56 Å². The highest BCUT2D eigenvalue weighted by atomic mass is 31.2. The lowest BCUT2D eigenvalue weighted by atomic mass is 10.0. The van der Waals surface area contributed by atoms with E-state index in [2.05, 4.69) is 49.7 Å². The zero-order chi connectivity index (χ0) is 18.8. The average Bonchev–Trinajstić information content (AvgIpc) is 2.60. The van der Waals surface area contributed by atoms with Gasteiger partial charge in [-0.1, -0.05) is 60.7 Å². The molecular weight excluding hydrogens is 341 g/mol. The minimum atomic E-state index is -3.07. The largest absolute Gasteiger partial charge is 0.314 e. The van der Waals surface area contributed by atoms with Crippen LogP contribution in [-0.2, 0) is 15.5 Å². The Hall–Kier alpha value is -1.41. The monoisotopic (exact) mass is 371 g/mol. The Bertz CT molecular complexity index is 755. The molecule has 0 bridgehead atoms. The first-order valence-corrected chi connectivity index (χ1v) is 11.1. The molecule has 3 atom stereocenters. The standard InChI is InChI=1S/C22H30NO2P/c1-18-15-16-23(22(2,3)4)26(24,25-18)21(20-13-9-6-10-14-20)17-19-11-7-5-8-12-19/h5-14,18,21H,15-17H2,1-4H3/t18-,21+,26?/m0/s1. The van der Waals surface area contributed by atoms with Crippen LogP contribution in [0.25, 0.3) is 0 Å². The van der Waals surface area contributed by atoms with Crippen LogP contribution in [0.5, 0.6) is 0 Å². The van der Waals surface area contributed by atoms with Crippen molar-refractivity contribution in [2.24, 2.45) is 0 Å². The van der Waals surface area contributed by atoms with E-state index in [1.807, 2.05) is 43.3 Å². The number of nitrogens with zero attached hydrogens (tertiary/aromatic N) is 1. The van der Waals surface area contributed by atoms with Gasteiger partial charge in [-0.05, 0) is 51.7 Å². The molecule has 0 saturated carbocycles. The Labute approximate surface area is 157 Å². The van der Waals surface area contributed by atoms with Crippen molar-refractivity contribution in [3.8, 4) is 0 Å². The quantitative estimate of drug-likeness (QED) is 0.611. The predicted octanol–water partition coefficient (Wildman–Crippen LogP) is 6.07. The Morgan fingerprint density at radius 1 is 1.08 bits per heavy atom. The van der Waals surface area contributed by atoms with Crippen molar-refractivity contribution < 1.29 is 9.09 Å². The van der Waals surface area contributed by atoms with Crippen molar-refractivity contribution >= 4 is 7.52 Å². The summed E-state index contributed by atoms with van der Waals surface area (Å²) in [6.45, 7) is 9.23. The molecule has 2 aromatic carbocycles. The lowest BCUT2D eigenvalue weighted by Crippen LogP contribution is -2.45. The third-order valence-corrected chi connectivity index (χ3v) is 8.44. The first-order chi connectivity index (χ1) is 12.3. The van der Waals surface area contributed by atoms with Crippen LogP contribution < -0.4 is 0 Å². The van der Waals surface area contributed by atoms with Gasteiger partial charge in [0, 0.05) is 12.1 Å². The maximum atomic E-state index is 14.4. The average molecular weight is 371 g/mol. The number of hydrogen-bond acceptors (Lipinski definition) is 2. The lowest BCUT2D eigenvalue weighted by molar-refractivity contribution is 0.0955. The molecule has 1 fully saturated rings. The molecule has 0 N–H and O–H groups in total. The van der Waals surface area contributed by atoms with Crippen molar-refractivity contribution in [3.63, 3.8) is 0 Å². The van der Waals surface area contributed by atoms with Crippen LogP contribution in [0.15, 0.2) is 60.7 Å². The second-order valence-electron chi connectivity index (χ2n) is 8.18. The summed E-state index contributed by atoms with van der Waals surface area (Å²) in [5.74, 6) is 0. The zero-order valence-electron chi connectivity index (χ0n) is 16.3. The molecule has 1 heterocycles. The molecule has 1 unspecified atom stereocenters. The summed E-state index contributed by atoms with van der Waals surface area (Å²) in [7, 11) is -3.07. The van der Waals surface area contributed by atoms with Crippen molar-refractivity contribution in [3.05, 3.63) is 71.8 Å². The fourth-order valence-electron chi connectivity index (χ4n) is 3.74. The fourth-order valence-corrected chi connectivity index (χ4v) is 7.18. The van der Waals surface area contributed by atoms with Crippen molar-refractivity contribution in [2.75, 3.05) is 6.54 Å². The Kier molecular flexibility index (Phi) is 5.72. The van der Waals surface area contributed by atoms with Gasteiger partial charge in [0.2, 0.25) is 0 Å². The number of benzene rings is 2. The van der Waals surface area contributed by atoms with E-state index in [0.717, 1.165) is 18.5 Å². The van der Waals surface area contributed by atoms with Gasteiger partial charge in [0.25, 0.3) is 7.52 Å². The van der Waals surface area contributed by atoms with Gasteiger partial charge in [-0.15, -0.1) is 0 Å². The lowest BCUT2D eigenvalue weighted by Gasteiger charge is -2.48. The maximum absolute atomic E-state index is 14.4. The first kappa shape index (κ1) is 19.4. The minimum Gasteiger partial charge on any atom is -0.314 e. The van der Waals surface area contributed by atoms with E-state index in [-0.39, 0.29) is 17.3 Å². The molecule has 140 valence electrons. The highest BCUT2D eigenvalue weighted by molar-refractivity contribution is 7.57. The van der Waals surface area contributed by atoms with E-state index in [1.54, 1.807) is 0 Å². The van der Waals surface area contributed by atoms with Gasteiger partial charge in [-0.3, -0.25) is 4.57 Å². The Balaban J connectivity index is 2.07. The molecule has 1 aliphatic rings. The van der Waals surface area contributed by atoms with E-state index < -0.39 is 7.52 Å². The van der Waals surface area contributed by atoms with E-state index in [9.17, 15) is 4.57 Å². The van der Waals surface area contributed by atoms with E-state index in [4.69, 9.17) is 4.52 Å².